The summed E-state index contributed by atoms with van der Waals surface area (Å²) in [6.07, 6.45) is 0. The van der Waals surface area contributed by atoms with Gasteiger partial charge in [0.25, 0.3) is 11.8 Å². The second-order valence-corrected chi connectivity index (χ2v) is 7.74. The van der Waals surface area contributed by atoms with Crippen LogP contribution in [-0.2, 0) is 0 Å². The Kier molecular flexibility index (Phi) is 6.03. The molecule has 7 heteroatoms. The van der Waals surface area contributed by atoms with E-state index in [-0.39, 0.29) is 11.8 Å². The Hall–Kier alpha value is -2.51. The van der Waals surface area contributed by atoms with Crippen LogP contribution in [0.25, 0.3) is 10.6 Å². The summed E-state index contributed by atoms with van der Waals surface area (Å²) in [5.74, 6) is -0.247. The molecule has 0 unspecified atom stereocenters. The van der Waals surface area contributed by atoms with E-state index in [2.05, 4.69) is 10.3 Å². The van der Waals surface area contributed by atoms with Gasteiger partial charge in [0.2, 0.25) is 0 Å². The lowest BCUT2D eigenvalue weighted by Gasteiger charge is -2.19. The van der Waals surface area contributed by atoms with Crippen molar-refractivity contribution in [2.45, 2.75) is 20.8 Å². The van der Waals surface area contributed by atoms with E-state index in [0.29, 0.717) is 34.9 Å². The fourth-order valence-corrected chi connectivity index (χ4v) is 4.40. The van der Waals surface area contributed by atoms with Crippen LogP contribution in [0, 0.1) is 6.92 Å². The standard InChI is InChI=1S/C20H21N3O2S2/c1-4-23(5-2)20(25)14-7-6-8-16(11-14)22-18(24)17-13(3)21-19(27-17)15-9-10-26-12-15/h6-12H,4-5H2,1-3H3,(H,22,24). The molecule has 0 radical (unpaired) electrons. The molecule has 0 bridgehead atoms. The van der Waals surface area contributed by atoms with Gasteiger partial charge in [-0.25, -0.2) is 4.98 Å². The Balaban J connectivity index is 1.79. The number of carbonyl (C=O) groups is 2. The van der Waals surface area contributed by atoms with Gasteiger partial charge in [0.15, 0.2) is 0 Å². The van der Waals surface area contributed by atoms with Crippen LogP contribution >= 0.6 is 22.7 Å². The van der Waals surface area contributed by atoms with Gasteiger partial charge in [0.05, 0.1) is 5.69 Å². The molecule has 1 N–H and O–H groups in total. The van der Waals surface area contributed by atoms with Crippen LogP contribution in [0.3, 0.4) is 0 Å². The van der Waals surface area contributed by atoms with E-state index in [4.69, 9.17) is 0 Å². The number of hydrogen-bond acceptors (Lipinski definition) is 5. The van der Waals surface area contributed by atoms with Gasteiger partial charge in [-0.2, -0.15) is 11.3 Å². The monoisotopic (exact) mass is 399 g/mol. The van der Waals surface area contributed by atoms with Crippen molar-refractivity contribution < 1.29 is 9.59 Å². The van der Waals surface area contributed by atoms with E-state index in [1.54, 1.807) is 40.5 Å². The molecule has 0 aliphatic carbocycles. The minimum absolute atomic E-state index is 0.0372. The number of nitrogens with one attached hydrogen (secondary N) is 1. The van der Waals surface area contributed by atoms with Crippen molar-refractivity contribution in [1.29, 1.82) is 0 Å². The van der Waals surface area contributed by atoms with Crippen molar-refractivity contribution >= 4 is 40.2 Å². The summed E-state index contributed by atoms with van der Waals surface area (Å²) in [5, 5.41) is 7.74. The van der Waals surface area contributed by atoms with Gasteiger partial charge in [-0.1, -0.05) is 6.07 Å². The summed E-state index contributed by atoms with van der Waals surface area (Å²) >= 11 is 2.98. The number of aryl methyl sites for hydroxylation is 1. The number of amides is 2. The highest BCUT2D eigenvalue weighted by Crippen LogP contribution is 2.30. The van der Waals surface area contributed by atoms with Crippen molar-refractivity contribution in [1.82, 2.24) is 9.88 Å². The second kappa shape index (κ2) is 8.45. The molecule has 0 saturated heterocycles. The van der Waals surface area contributed by atoms with Crippen molar-refractivity contribution in [3.05, 3.63) is 57.2 Å². The Morgan fingerprint density at radius 3 is 2.63 bits per heavy atom. The quantitative estimate of drug-likeness (QED) is 0.640. The molecule has 2 heterocycles. The Morgan fingerprint density at radius 2 is 1.96 bits per heavy atom. The minimum Gasteiger partial charge on any atom is -0.339 e. The van der Waals surface area contributed by atoms with Crippen LogP contribution in [-0.4, -0.2) is 34.8 Å². The molecule has 0 atom stereocenters. The minimum atomic E-state index is -0.209. The maximum Gasteiger partial charge on any atom is 0.267 e. The molecule has 3 rings (SSSR count). The molecule has 140 valence electrons. The first kappa shape index (κ1) is 19.3. The SMILES string of the molecule is CCN(CC)C(=O)c1cccc(NC(=O)c2sc(-c3ccsc3)nc2C)c1. The maximum atomic E-state index is 12.7. The molecule has 0 fully saturated rings. The van der Waals surface area contributed by atoms with Gasteiger partial charge < -0.3 is 10.2 Å². The van der Waals surface area contributed by atoms with Crippen LogP contribution in [0.2, 0.25) is 0 Å². The van der Waals surface area contributed by atoms with Crippen LogP contribution < -0.4 is 5.32 Å². The van der Waals surface area contributed by atoms with E-state index in [0.717, 1.165) is 10.6 Å². The summed E-state index contributed by atoms with van der Waals surface area (Å²) in [5.41, 5.74) is 2.90. The highest BCUT2D eigenvalue weighted by molar-refractivity contribution is 7.17. The van der Waals surface area contributed by atoms with Gasteiger partial charge in [0, 0.05) is 35.3 Å². The lowest BCUT2D eigenvalue weighted by atomic mass is 10.1. The molecule has 0 saturated carbocycles. The number of thiazole rings is 1. The first-order valence-electron chi connectivity index (χ1n) is 8.74. The second-order valence-electron chi connectivity index (χ2n) is 5.96. The highest BCUT2D eigenvalue weighted by Gasteiger charge is 2.18. The molecule has 0 spiro atoms. The van der Waals surface area contributed by atoms with Crippen LogP contribution in [0.1, 0.15) is 39.6 Å². The number of hydrogen-bond donors (Lipinski definition) is 1. The largest absolute Gasteiger partial charge is 0.339 e. The lowest BCUT2D eigenvalue weighted by Crippen LogP contribution is -2.30. The molecular weight excluding hydrogens is 378 g/mol. The predicted molar refractivity (Wildman–Crippen MR) is 112 cm³/mol. The van der Waals surface area contributed by atoms with Gasteiger partial charge >= 0.3 is 0 Å². The average molecular weight is 400 g/mol. The van der Waals surface area contributed by atoms with Gasteiger partial charge in [0.1, 0.15) is 9.88 Å². The number of nitrogens with zero attached hydrogens (tertiary/aromatic N) is 2. The third-order valence-corrected chi connectivity index (χ3v) is 6.08. The summed E-state index contributed by atoms with van der Waals surface area (Å²) in [4.78, 5) is 32.1. The normalized spacial score (nSPS) is 10.6. The number of carbonyl (C=O) groups excluding carboxylic acids is 2. The fraction of sp³-hybridized carbons (Fsp3) is 0.250. The van der Waals surface area contributed by atoms with Gasteiger partial charge in [-0.05, 0) is 50.4 Å². The van der Waals surface area contributed by atoms with E-state index in [1.165, 1.54) is 11.3 Å². The molecule has 5 nitrogen and oxygen atoms in total. The molecule has 1 aromatic carbocycles. The summed E-state index contributed by atoms with van der Waals surface area (Å²) in [7, 11) is 0. The Labute approximate surface area is 166 Å². The van der Waals surface area contributed by atoms with E-state index < -0.39 is 0 Å². The highest BCUT2D eigenvalue weighted by atomic mass is 32.1. The number of benzene rings is 1. The van der Waals surface area contributed by atoms with Gasteiger partial charge in [-0.15, -0.1) is 11.3 Å². The topological polar surface area (TPSA) is 62.3 Å². The van der Waals surface area contributed by atoms with E-state index in [9.17, 15) is 9.59 Å². The smallest absolute Gasteiger partial charge is 0.267 e. The molecular formula is C20H21N3O2S2. The molecule has 27 heavy (non-hydrogen) atoms. The zero-order valence-corrected chi connectivity index (χ0v) is 17.1. The summed E-state index contributed by atoms with van der Waals surface area (Å²) in [6.45, 7) is 7.03. The van der Waals surface area contributed by atoms with Crippen LogP contribution in [0.4, 0.5) is 5.69 Å². The summed E-state index contributed by atoms with van der Waals surface area (Å²) < 4.78 is 0. The average Bonchev–Trinajstić information content (AvgIpc) is 3.32. The van der Waals surface area contributed by atoms with Crippen molar-refractivity contribution in [3.63, 3.8) is 0 Å². The van der Waals surface area contributed by atoms with E-state index in [1.807, 2.05) is 37.6 Å². The third kappa shape index (κ3) is 4.26. The van der Waals surface area contributed by atoms with E-state index >= 15 is 0 Å². The Morgan fingerprint density at radius 1 is 1.19 bits per heavy atom. The van der Waals surface area contributed by atoms with Crippen molar-refractivity contribution in [2.24, 2.45) is 0 Å². The lowest BCUT2D eigenvalue weighted by molar-refractivity contribution is 0.0772. The molecule has 0 aliphatic rings. The first-order chi connectivity index (χ1) is 13.0. The molecule has 2 amide bonds. The zero-order chi connectivity index (χ0) is 19.4. The summed E-state index contributed by atoms with van der Waals surface area (Å²) in [6, 6.07) is 9.04. The van der Waals surface area contributed by atoms with Crippen LogP contribution in [0.15, 0.2) is 41.1 Å². The molecule has 3 aromatic rings. The third-order valence-electron chi connectivity index (χ3n) is 4.19. The van der Waals surface area contributed by atoms with Crippen molar-refractivity contribution in [3.8, 4) is 10.6 Å². The fourth-order valence-electron chi connectivity index (χ4n) is 2.73. The number of anilines is 1. The predicted octanol–water partition coefficient (Wildman–Crippen LogP) is 4.91. The number of thiophene rings is 1. The Bertz CT molecular complexity index is 944. The van der Waals surface area contributed by atoms with Crippen molar-refractivity contribution in [2.75, 3.05) is 18.4 Å². The zero-order valence-electron chi connectivity index (χ0n) is 15.5. The maximum absolute atomic E-state index is 12.7. The first-order valence-corrected chi connectivity index (χ1v) is 10.5. The number of aromatic nitrogens is 1. The molecule has 2 aromatic heterocycles. The molecule has 0 aliphatic heterocycles. The van der Waals surface area contributed by atoms with Crippen LogP contribution in [0.5, 0.6) is 0 Å². The number of rotatable bonds is 6. The van der Waals surface area contributed by atoms with Gasteiger partial charge in [-0.3, -0.25) is 9.59 Å².